The highest BCUT2D eigenvalue weighted by Gasteiger charge is 2.60. The summed E-state index contributed by atoms with van der Waals surface area (Å²) in [5, 5.41) is 0.824. The molecule has 0 aliphatic rings. The third-order valence-electron chi connectivity index (χ3n) is 4.35. The van der Waals surface area contributed by atoms with Crippen molar-refractivity contribution in [1.82, 2.24) is 14.4 Å². The fourth-order valence-electron chi connectivity index (χ4n) is 3.03. The minimum Gasteiger partial charge on any atom is -0.284 e. The zero-order chi connectivity index (χ0) is 20.3. The highest BCUT2D eigenvalue weighted by molar-refractivity contribution is 6.30. The second kappa shape index (κ2) is 6.13. The summed E-state index contributed by atoms with van der Waals surface area (Å²) in [4.78, 5) is 7.90. The Morgan fingerprint density at radius 2 is 1.61 bits per heavy atom. The first-order chi connectivity index (χ1) is 13.1. The standard InChI is InChI=1S/C19H11ClF5N3/c1-10-9-28-16(26-10)7-6-13-14(11-2-4-12(20)5-3-11)8-15(27-17(13)28)18(21,22)19(23,24)25/h2-9H,1H3. The molecule has 0 radical (unpaired) electrons. The number of rotatable bonds is 2. The Labute approximate surface area is 160 Å². The lowest BCUT2D eigenvalue weighted by atomic mass is 10.00. The van der Waals surface area contributed by atoms with Gasteiger partial charge in [0.1, 0.15) is 17.0 Å². The van der Waals surface area contributed by atoms with Gasteiger partial charge < -0.3 is 0 Å². The van der Waals surface area contributed by atoms with Crippen molar-refractivity contribution in [3.8, 4) is 11.1 Å². The molecule has 0 amide bonds. The number of halogens is 6. The second-order valence-electron chi connectivity index (χ2n) is 6.32. The first-order valence-corrected chi connectivity index (χ1v) is 8.46. The molecule has 144 valence electrons. The summed E-state index contributed by atoms with van der Waals surface area (Å²) < 4.78 is 68.6. The van der Waals surface area contributed by atoms with E-state index in [1.54, 1.807) is 31.2 Å². The van der Waals surface area contributed by atoms with Crippen LogP contribution in [0.1, 0.15) is 11.4 Å². The maximum absolute atomic E-state index is 14.1. The van der Waals surface area contributed by atoms with E-state index in [1.165, 1.54) is 22.7 Å². The maximum Gasteiger partial charge on any atom is 0.459 e. The van der Waals surface area contributed by atoms with Crippen molar-refractivity contribution in [2.24, 2.45) is 0 Å². The van der Waals surface area contributed by atoms with Crippen molar-refractivity contribution in [2.45, 2.75) is 19.0 Å². The molecule has 0 bridgehead atoms. The Kier molecular flexibility index (Phi) is 4.08. The minimum atomic E-state index is -5.77. The van der Waals surface area contributed by atoms with Crippen LogP contribution >= 0.6 is 11.6 Å². The zero-order valence-corrected chi connectivity index (χ0v) is 15.0. The topological polar surface area (TPSA) is 30.2 Å². The lowest BCUT2D eigenvalue weighted by Gasteiger charge is -2.20. The molecule has 9 heteroatoms. The summed E-state index contributed by atoms with van der Waals surface area (Å²) >= 11 is 5.87. The quantitative estimate of drug-likeness (QED) is 0.369. The van der Waals surface area contributed by atoms with Crippen molar-refractivity contribution in [2.75, 3.05) is 0 Å². The van der Waals surface area contributed by atoms with Crippen LogP contribution in [0.2, 0.25) is 5.02 Å². The Hall–Kier alpha value is -2.74. The summed E-state index contributed by atoms with van der Waals surface area (Å²) in [5.41, 5.74) is 0.184. The van der Waals surface area contributed by atoms with Crippen molar-refractivity contribution in [3.05, 3.63) is 65.1 Å². The van der Waals surface area contributed by atoms with E-state index in [0.29, 0.717) is 27.3 Å². The number of benzene rings is 1. The van der Waals surface area contributed by atoms with Crippen LogP contribution in [-0.2, 0) is 5.92 Å². The van der Waals surface area contributed by atoms with Gasteiger partial charge in [-0.1, -0.05) is 23.7 Å². The maximum atomic E-state index is 14.1. The number of imidazole rings is 1. The lowest BCUT2D eigenvalue weighted by Crippen LogP contribution is -2.34. The van der Waals surface area contributed by atoms with Crippen molar-refractivity contribution in [1.29, 1.82) is 0 Å². The number of aromatic nitrogens is 3. The second-order valence-corrected chi connectivity index (χ2v) is 6.75. The summed E-state index contributed by atoms with van der Waals surface area (Å²) in [5.74, 6) is -5.11. The van der Waals surface area contributed by atoms with Crippen LogP contribution in [0, 0.1) is 6.92 Å². The van der Waals surface area contributed by atoms with E-state index in [2.05, 4.69) is 9.97 Å². The molecule has 0 fully saturated rings. The van der Waals surface area contributed by atoms with Gasteiger partial charge in [-0.15, -0.1) is 0 Å². The van der Waals surface area contributed by atoms with Crippen molar-refractivity contribution >= 4 is 28.3 Å². The van der Waals surface area contributed by atoms with Gasteiger partial charge in [-0.3, -0.25) is 4.40 Å². The number of alkyl halides is 5. The fourth-order valence-corrected chi connectivity index (χ4v) is 3.15. The third kappa shape index (κ3) is 2.88. The van der Waals surface area contributed by atoms with E-state index in [1.807, 2.05) is 0 Å². The van der Waals surface area contributed by atoms with Gasteiger partial charge in [0.15, 0.2) is 0 Å². The van der Waals surface area contributed by atoms with E-state index in [4.69, 9.17) is 11.6 Å². The predicted molar refractivity (Wildman–Crippen MR) is 95.6 cm³/mol. The molecule has 0 saturated heterocycles. The normalized spacial score (nSPS) is 12.8. The average Bonchev–Trinajstić information content (AvgIpc) is 3.01. The summed E-state index contributed by atoms with van der Waals surface area (Å²) in [6.45, 7) is 1.69. The van der Waals surface area contributed by atoms with Gasteiger partial charge in [-0.05, 0) is 48.4 Å². The van der Waals surface area contributed by atoms with Crippen molar-refractivity contribution in [3.63, 3.8) is 0 Å². The van der Waals surface area contributed by atoms with E-state index >= 15 is 0 Å². The largest absolute Gasteiger partial charge is 0.459 e. The van der Waals surface area contributed by atoms with E-state index in [0.717, 1.165) is 6.07 Å². The predicted octanol–water partition coefficient (Wildman–Crippen LogP) is 6.17. The Bertz CT molecular complexity index is 1200. The summed E-state index contributed by atoms with van der Waals surface area (Å²) in [6, 6.07) is 10.2. The lowest BCUT2D eigenvalue weighted by molar-refractivity contribution is -0.290. The molecular weight excluding hydrogens is 401 g/mol. The van der Waals surface area contributed by atoms with E-state index < -0.39 is 17.8 Å². The number of aryl methyl sites for hydroxylation is 1. The fraction of sp³-hybridized carbons (Fsp3) is 0.158. The molecule has 0 atom stereocenters. The Morgan fingerprint density at radius 1 is 0.929 bits per heavy atom. The van der Waals surface area contributed by atoms with Crippen LogP contribution in [0.25, 0.3) is 27.8 Å². The van der Waals surface area contributed by atoms with Crippen LogP contribution in [0.5, 0.6) is 0 Å². The number of fused-ring (bicyclic) bond motifs is 3. The average molecular weight is 412 g/mol. The minimum absolute atomic E-state index is 0.0375. The molecule has 0 aliphatic heterocycles. The highest BCUT2D eigenvalue weighted by atomic mass is 35.5. The molecule has 28 heavy (non-hydrogen) atoms. The molecule has 3 nitrogen and oxygen atoms in total. The molecule has 1 aromatic carbocycles. The molecule has 0 unspecified atom stereocenters. The summed E-state index contributed by atoms with van der Waals surface area (Å²) in [7, 11) is 0. The Balaban J connectivity index is 2.11. The number of pyridine rings is 2. The third-order valence-corrected chi connectivity index (χ3v) is 4.60. The van der Waals surface area contributed by atoms with Gasteiger partial charge in [-0.2, -0.15) is 22.0 Å². The molecule has 3 heterocycles. The molecular formula is C19H11ClF5N3. The highest BCUT2D eigenvalue weighted by Crippen LogP contribution is 2.45. The molecule has 0 aliphatic carbocycles. The van der Waals surface area contributed by atoms with Crippen LogP contribution in [-0.4, -0.2) is 20.5 Å². The first-order valence-electron chi connectivity index (χ1n) is 8.08. The van der Waals surface area contributed by atoms with Crippen LogP contribution < -0.4 is 0 Å². The zero-order valence-electron chi connectivity index (χ0n) is 14.2. The molecule has 4 rings (SSSR count). The van der Waals surface area contributed by atoms with Crippen LogP contribution in [0.3, 0.4) is 0 Å². The smallest absolute Gasteiger partial charge is 0.284 e. The van der Waals surface area contributed by atoms with Gasteiger partial charge in [0.25, 0.3) is 0 Å². The van der Waals surface area contributed by atoms with E-state index in [-0.39, 0.29) is 11.2 Å². The van der Waals surface area contributed by atoms with Gasteiger partial charge in [0, 0.05) is 16.6 Å². The SMILES string of the molecule is Cc1cn2c(ccc3c(-c4ccc(Cl)cc4)cc(C(F)(F)C(F)(F)F)nc32)n1. The van der Waals surface area contributed by atoms with Gasteiger partial charge in [0.2, 0.25) is 0 Å². The van der Waals surface area contributed by atoms with Gasteiger partial charge in [0.05, 0.1) is 5.69 Å². The monoisotopic (exact) mass is 411 g/mol. The number of nitrogens with zero attached hydrogens (tertiary/aromatic N) is 3. The molecule has 0 spiro atoms. The molecule has 3 aromatic heterocycles. The number of hydrogen-bond donors (Lipinski definition) is 0. The first kappa shape index (κ1) is 18.6. The van der Waals surface area contributed by atoms with Crippen LogP contribution in [0.15, 0.2) is 48.7 Å². The number of hydrogen-bond acceptors (Lipinski definition) is 2. The molecule has 0 saturated carbocycles. The molecule has 4 aromatic rings. The van der Waals surface area contributed by atoms with E-state index in [9.17, 15) is 22.0 Å². The summed E-state index contributed by atoms with van der Waals surface area (Å²) in [6.07, 6.45) is -4.24. The Morgan fingerprint density at radius 3 is 2.25 bits per heavy atom. The van der Waals surface area contributed by atoms with Gasteiger partial charge >= 0.3 is 12.1 Å². The van der Waals surface area contributed by atoms with Crippen LogP contribution in [0.4, 0.5) is 22.0 Å². The van der Waals surface area contributed by atoms with Gasteiger partial charge in [-0.25, -0.2) is 9.97 Å². The molecule has 0 N–H and O–H groups in total. The van der Waals surface area contributed by atoms with Crippen molar-refractivity contribution < 1.29 is 22.0 Å².